The fourth-order valence-electron chi connectivity index (χ4n) is 7.55. The normalized spacial score (nSPS) is 8.86. The van der Waals surface area contributed by atoms with Crippen molar-refractivity contribution in [3.63, 3.8) is 0 Å². The predicted molar refractivity (Wildman–Crippen MR) is 602 cm³/mol. The molecular weight excluding hydrogens is 1740 g/mol. The van der Waals surface area contributed by atoms with Crippen LogP contribution in [0, 0.1) is 0 Å². The van der Waals surface area contributed by atoms with Crippen LogP contribution in [0.25, 0.3) is 0 Å². The van der Waals surface area contributed by atoms with E-state index >= 15 is 0 Å². The number of hydrogen-bond acceptors (Lipinski definition) is 23. The molecule has 13 rings (SSSR count). The lowest BCUT2D eigenvalue weighted by Gasteiger charge is -2.00. The third kappa shape index (κ3) is 97.4. The monoisotopic (exact) mass is 1950 g/mol. The van der Waals surface area contributed by atoms with E-state index in [-0.39, 0.29) is 0 Å². The minimum absolute atomic E-state index is 0.407. The molecule has 1 N–H and O–H groups in total. The fraction of sp³-hybridized carbons (Fsp3) is 0.580. The maximum Gasteiger partial charge on any atom is 0.196 e. The van der Waals surface area contributed by atoms with Crippen molar-refractivity contribution in [1.82, 2.24) is 90.2 Å². The van der Waals surface area contributed by atoms with Crippen molar-refractivity contribution in [2.75, 3.05) is 0 Å². The zero-order valence-electron chi connectivity index (χ0n) is 96.2. The number of pyridine rings is 2. The summed E-state index contributed by atoms with van der Waals surface area (Å²) < 4.78 is 14.7. The quantitative estimate of drug-likeness (QED) is 0.112. The second kappa shape index (κ2) is 121. The Hall–Kier alpha value is -9.65. The number of thiazole rings is 3. The van der Waals surface area contributed by atoms with Gasteiger partial charge in [0.05, 0.1) is 51.2 Å². The van der Waals surface area contributed by atoms with E-state index in [0.29, 0.717) is 76.9 Å². The van der Waals surface area contributed by atoms with E-state index in [1.165, 1.54) is 45.2 Å². The third-order valence-corrected chi connectivity index (χ3v) is 17.3. The molecule has 13 aromatic heterocycles. The van der Waals surface area contributed by atoms with Crippen molar-refractivity contribution >= 4 is 34.0 Å². The second-order valence-corrected chi connectivity index (χ2v) is 31.1. The van der Waals surface area contributed by atoms with E-state index < -0.39 is 0 Å². The molecule has 0 radical (unpaired) electrons. The summed E-state index contributed by atoms with van der Waals surface area (Å²) in [7, 11) is 0. The lowest BCUT2D eigenvalue weighted by Crippen LogP contribution is -1.93. The topological polar surface area (TPSA) is 274 Å². The van der Waals surface area contributed by atoms with Crippen molar-refractivity contribution in [3.05, 3.63) is 280 Å². The maximum atomic E-state index is 4.98. The Balaban J connectivity index is -0.000000107. The highest BCUT2D eigenvalue weighted by Crippen LogP contribution is 2.20. The van der Waals surface area contributed by atoms with Gasteiger partial charge >= 0.3 is 0 Å². The van der Waals surface area contributed by atoms with E-state index in [9.17, 15) is 0 Å². The molecule has 0 unspecified atom stereocenters. The van der Waals surface area contributed by atoms with Crippen LogP contribution < -0.4 is 0 Å². The summed E-state index contributed by atoms with van der Waals surface area (Å²) in [5.41, 5.74) is 12.9. The van der Waals surface area contributed by atoms with Gasteiger partial charge in [-0.05, 0) is 107 Å². The Bertz CT molecular complexity index is 3280. The molecule has 0 atom stereocenters. The first-order valence-electron chi connectivity index (χ1n) is 50.6. The average Bonchev–Trinajstić information content (AvgIpc) is 1.55. The van der Waals surface area contributed by atoms with Gasteiger partial charge in [0.1, 0.15) is 30.4 Å². The van der Waals surface area contributed by atoms with Gasteiger partial charge in [-0.1, -0.05) is 372 Å². The molecule has 0 aliphatic rings. The van der Waals surface area contributed by atoms with Crippen molar-refractivity contribution < 1.29 is 13.3 Å². The highest BCUT2D eigenvalue weighted by atomic mass is 32.1. The Morgan fingerprint density at radius 2 is 0.801 bits per heavy atom. The summed E-state index contributed by atoms with van der Waals surface area (Å²) in [6.07, 6.45) is 36.3. The largest absolute Gasteiger partial charge is 0.451 e. The first-order valence-corrected chi connectivity index (χ1v) is 53.3. The van der Waals surface area contributed by atoms with Gasteiger partial charge in [-0.3, -0.25) is 30.0 Å². The molecule has 21 nitrogen and oxygen atoms in total. The van der Waals surface area contributed by atoms with Crippen LogP contribution in [0.1, 0.15) is 510 Å². The first-order chi connectivity index (χ1) is 65.5. The van der Waals surface area contributed by atoms with Crippen LogP contribution in [0.5, 0.6) is 0 Å². The summed E-state index contributed by atoms with van der Waals surface area (Å²) in [6, 6.07) is 17.8. The number of aromatic nitrogens is 18. The van der Waals surface area contributed by atoms with Crippen LogP contribution >= 0.6 is 34.0 Å². The molecule has 0 saturated heterocycles. The molecule has 0 aliphatic carbocycles. The van der Waals surface area contributed by atoms with E-state index in [1.54, 1.807) is 115 Å². The predicted octanol–water partition coefficient (Wildman–Crippen LogP) is 37.9. The lowest BCUT2D eigenvalue weighted by atomic mass is 10.1. The summed E-state index contributed by atoms with van der Waals surface area (Å²) >= 11 is 5.10. The molecule has 778 valence electrons. The number of rotatable bonds is 13. The summed E-state index contributed by atoms with van der Waals surface area (Å²) in [5, 5.41) is 19.7. The zero-order chi connectivity index (χ0) is 108. The molecular formula is C112H204N18O3S3. The number of aromatic amines is 1. The number of oxazole rings is 3. The molecule has 0 aliphatic heterocycles. The molecule has 0 fully saturated rings. The van der Waals surface area contributed by atoms with Crippen molar-refractivity contribution in [1.29, 1.82) is 0 Å². The molecule has 0 aromatic carbocycles. The van der Waals surface area contributed by atoms with E-state index in [4.69, 9.17) is 13.3 Å². The second-order valence-electron chi connectivity index (χ2n) is 28.5. The highest BCUT2D eigenvalue weighted by Gasteiger charge is 2.06. The SMILES string of the molecule is CC.CC.CC.CC.CC.CC.CC.CC.CC.CC.CC.CC.CC.CC(C)c1ccccn1.CC(C)c1cccnc1.CC(C)c1cccnn1.CC(C)c1ccn[nH]1.CC(C)c1cnccn1.CC(C)c1cncnc1.CC(C)c1cnco1.CC(C)c1cncs1.CC(C)c1cocn1.CC(C)c1cscn1.CC(C)c1ncccn1.CC(C)c1ncco1.CC(C)c1nccs1. The van der Waals surface area contributed by atoms with Gasteiger partial charge in [0, 0.05) is 137 Å². The van der Waals surface area contributed by atoms with Crippen LogP contribution in [-0.4, -0.2) is 90.2 Å². The Labute approximate surface area is 848 Å². The van der Waals surface area contributed by atoms with Crippen LogP contribution in [0.15, 0.2) is 220 Å². The molecule has 0 spiro atoms. The summed E-state index contributed by atoms with van der Waals surface area (Å²) in [6.45, 7) is 107. The van der Waals surface area contributed by atoms with E-state index in [1.807, 2.05) is 296 Å². The van der Waals surface area contributed by atoms with Gasteiger partial charge in [0.25, 0.3) is 0 Å². The molecule has 0 amide bonds. The van der Waals surface area contributed by atoms with Gasteiger partial charge in [-0.15, -0.1) is 34.0 Å². The number of nitrogens with zero attached hydrogens (tertiary/aromatic N) is 17. The molecule has 0 saturated carbocycles. The minimum Gasteiger partial charge on any atom is -0.451 e. The highest BCUT2D eigenvalue weighted by molar-refractivity contribution is 7.10. The number of hydrogen-bond donors (Lipinski definition) is 1. The van der Waals surface area contributed by atoms with Gasteiger partial charge in [-0.25, -0.2) is 44.9 Å². The third-order valence-electron chi connectivity index (χ3n) is 14.5. The summed E-state index contributed by atoms with van der Waals surface area (Å²) in [5.74, 6) is 9.49. The Kier molecular flexibility index (Phi) is 138. The maximum absolute atomic E-state index is 4.98. The molecule has 24 heteroatoms. The van der Waals surface area contributed by atoms with Gasteiger partial charge in [0.15, 0.2) is 18.7 Å². The fourth-order valence-corrected chi connectivity index (χ4v) is 9.55. The number of H-pyrrole nitrogens is 1. The lowest BCUT2D eigenvalue weighted by molar-refractivity contribution is 0.471. The van der Waals surface area contributed by atoms with Crippen LogP contribution in [0.4, 0.5) is 0 Å². The minimum atomic E-state index is 0.407. The molecule has 13 heterocycles. The van der Waals surface area contributed by atoms with Crippen molar-refractivity contribution in [2.24, 2.45) is 0 Å². The zero-order valence-corrected chi connectivity index (χ0v) is 98.6. The first kappa shape index (κ1) is 155. The van der Waals surface area contributed by atoms with Crippen LogP contribution in [0.2, 0.25) is 0 Å². The van der Waals surface area contributed by atoms with Crippen LogP contribution in [0.3, 0.4) is 0 Å². The van der Waals surface area contributed by atoms with Crippen molar-refractivity contribution in [2.45, 2.75) is 437 Å². The Morgan fingerprint density at radius 1 is 0.294 bits per heavy atom. The Morgan fingerprint density at radius 3 is 1.04 bits per heavy atom. The van der Waals surface area contributed by atoms with Gasteiger partial charge < -0.3 is 13.3 Å². The summed E-state index contributed by atoms with van der Waals surface area (Å²) in [4.78, 5) is 57.4. The smallest absolute Gasteiger partial charge is 0.196 e. The standard InChI is InChI=1S/2C8H11N.4C7H10N2.C6H10N2.3C6H9NO.3C6H9NS.13C2H6/c1-7(2)8-4-3-5-9-6-8;1-7(2)8-5-3-4-6-9-8;1-6(2)7-3-8-5-9-4-7;1-6(2)7-5-8-3-4-9-7;1-6(2)7-8-4-3-5-9-7;1-6(2)7-4-3-5-8-9-7;1-5(2)6-3-4-7-8-6;1-5(2)6-3-8-4-7-6;1-5(2)6-3-7-4-8-6;1-5(2)6-7-3-4-8-6;1-5(2)6-3-8-4-7-6;1-5(2)6-3-7-4-8-6;1-5(2)6-7-3-4-8-6;13*1-2/h2*3-7H,1-2H3;4*3-6H,1-2H3;3-5H,1-2H3,(H,7,8);6*3-5H,1-2H3;13*1-2H3. The number of nitrogens with one attached hydrogen (secondary N) is 1. The van der Waals surface area contributed by atoms with E-state index in [0.717, 1.165) is 40.3 Å². The van der Waals surface area contributed by atoms with Crippen LogP contribution in [-0.2, 0) is 0 Å². The van der Waals surface area contributed by atoms with E-state index in [2.05, 4.69) is 268 Å². The molecule has 13 aromatic rings. The molecule has 0 bridgehead atoms. The average molecular weight is 1950 g/mol. The van der Waals surface area contributed by atoms with Crippen molar-refractivity contribution in [3.8, 4) is 0 Å². The molecule has 136 heavy (non-hydrogen) atoms. The van der Waals surface area contributed by atoms with Gasteiger partial charge in [0.2, 0.25) is 0 Å². The van der Waals surface area contributed by atoms with Gasteiger partial charge in [-0.2, -0.15) is 15.3 Å².